The predicted molar refractivity (Wildman–Crippen MR) is 93.7 cm³/mol. The molecule has 1 aliphatic heterocycles. The van der Waals surface area contributed by atoms with E-state index in [1.807, 2.05) is 31.2 Å². The average Bonchev–Trinajstić information content (AvgIpc) is 2.89. The van der Waals surface area contributed by atoms with Gasteiger partial charge in [-0.05, 0) is 37.6 Å². The summed E-state index contributed by atoms with van der Waals surface area (Å²) in [7, 11) is -3.85. The zero-order valence-electron chi connectivity index (χ0n) is 13.1. The molecule has 2 aromatic rings. The molecule has 1 aliphatic rings. The lowest BCUT2D eigenvalue weighted by Crippen LogP contribution is -2.41. The maximum Gasteiger partial charge on any atom is 0.245 e. The van der Waals surface area contributed by atoms with Crippen LogP contribution in [0.5, 0.6) is 0 Å². The van der Waals surface area contributed by atoms with Gasteiger partial charge in [0.2, 0.25) is 15.9 Å². The Bertz CT molecular complexity index is 866. The number of halogens is 1. The molecule has 0 spiro atoms. The van der Waals surface area contributed by atoms with Crippen molar-refractivity contribution >= 4 is 33.2 Å². The second-order valence-electron chi connectivity index (χ2n) is 5.72. The fourth-order valence-corrected chi connectivity index (χ4v) is 4.43. The number of benzene rings is 2. The fourth-order valence-electron chi connectivity index (χ4n) is 2.68. The molecule has 3 rings (SSSR count). The first kappa shape index (κ1) is 17.0. The molecule has 0 aromatic heterocycles. The van der Waals surface area contributed by atoms with Crippen molar-refractivity contribution in [3.63, 3.8) is 0 Å². The quantitative estimate of drug-likeness (QED) is 0.907. The average molecular weight is 365 g/mol. The molecule has 0 aliphatic carbocycles. The Labute approximate surface area is 146 Å². The van der Waals surface area contributed by atoms with Crippen LogP contribution in [-0.2, 0) is 14.8 Å². The Morgan fingerprint density at radius 1 is 1.12 bits per heavy atom. The van der Waals surface area contributed by atoms with Crippen LogP contribution in [0.15, 0.2) is 53.4 Å². The van der Waals surface area contributed by atoms with E-state index < -0.39 is 16.1 Å². The van der Waals surface area contributed by atoms with E-state index >= 15 is 0 Å². The summed E-state index contributed by atoms with van der Waals surface area (Å²) in [5.74, 6) is -0.255. The molecule has 1 saturated heterocycles. The molecule has 126 valence electrons. The van der Waals surface area contributed by atoms with Gasteiger partial charge in [-0.15, -0.1) is 0 Å². The molecule has 24 heavy (non-hydrogen) atoms. The van der Waals surface area contributed by atoms with Gasteiger partial charge in [0.1, 0.15) is 10.9 Å². The monoisotopic (exact) mass is 364 g/mol. The zero-order chi connectivity index (χ0) is 17.3. The Morgan fingerprint density at radius 2 is 1.79 bits per heavy atom. The Kier molecular flexibility index (Phi) is 4.62. The number of carbonyl (C=O) groups is 1. The molecular formula is C17H17ClN2O3S. The number of hydrogen-bond donors (Lipinski definition) is 1. The van der Waals surface area contributed by atoms with Crippen LogP contribution in [0.1, 0.15) is 12.0 Å². The number of nitrogens with zero attached hydrogens (tertiary/aromatic N) is 1. The third kappa shape index (κ3) is 3.31. The van der Waals surface area contributed by atoms with Crippen LogP contribution in [-0.4, -0.2) is 26.9 Å². The van der Waals surface area contributed by atoms with E-state index in [1.165, 1.54) is 12.1 Å². The SMILES string of the molecule is Cc1ccc(N2CC[C@@H](NS(=O)(=O)c3ccccc3Cl)C2=O)cc1. The summed E-state index contributed by atoms with van der Waals surface area (Å²) in [5.41, 5.74) is 1.87. The summed E-state index contributed by atoms with van der Waals surface area (Å²) in [6, 6.07) is 12.9. The van der Waals surface area contributed by atoms with Crippen LogP contribution < -0.4 is 9.62 Å². The van der Waals surface area contributed by atoms with Crippen LogP contribution in [0.25, 0.3) is 0 Å². The van der Waals surface area contributed by atoms with Crippen LogP contribution in [0, 0.1) is 6.92 Å². The number of hydrogen-bond acceptors (Lipinski definition) is 3. The van der Waals surface area contributed by atoms with Crippen molar-refractivity contribution in [2.24, 2.45) is 0 Å². The molecule has 1 amide bonds. The number of sulfonamides is 1. The Morgan fingerprint density at radius 3 is 2.46 bits per heavy atom. The van der Waals surface area contributed by atoms with Crippen molar-refractivity contribution in [3.8, 4) is 0 Å². The van der Waals surface area contributed by atoms with Gasteiger partial charge in [-0.2, -0.15) is 4.72 Å². The summed E-state index contributed by atoms with van der Waals surface area (Å²) < 4.78 is 27.4. The minimum absolute atomic E-state index is 0.0201. The summed E-state index contributed by atoms with van der Waals surface area (Å²) in [5, 5.41) is 0.130. The molecule has 1 heterocycles. The van der Waals surface area contributed by atoms with E-state index in [9.17, 15) is 13.2 Å². The minimum Gasteiger partial charge on any atom is -0.311 e. The molecule has 7 heteroatoms. The normalized spacial score (nSPS) is 18.2. The fraction of sp³-hybridized carbons (Fsp3) is 0.235. The summed E-state index contributed by atoms with van der Waals surface area (Å²) >= 11 is 5.96. The van der Waals surface area contributed by atoms with Crippen LogP contribution in [0.2, 0.25) is 5.02 Å². The van der Waals surface area contributed by atoms with Crippen LogP contribution in [0.3, 0.4) is 0 Å². The van der Waals surface area contributed by atoms with E-state index in [0.717, 1.165) is 11.3 Å². The van der Waals surface area contributed by atoms with Crippen molar-refractivity contribution in [1.29, 1.82) is 0 Å². The van der Waals surface area contributed by atoms with Gasteiger partial charge >= 0.3 is 0 Å². The van der Waals surface area contributed by atoms with Crippen molar-refractivity contribution in [2.75, 3.05) is 11.4 Å². The smallest absolute Gasteiger partial charge is 0.245 e. The third-order valence-corrected chi connectivity index (χ3v) is 5.95. The molecule has 0 bridgehead atoms. The number of aryl methyl sites for hydroxylation is 1. The summed E-state index contributed by atoms with van der Waals surface area (Å²) in [4.78, 5) is 14.1. The number of anilines is 1. The van der Waals surface area contributed by atoms with Crippen LogP contribution >= 0.6 is 11.6 Å². The molecule has 1 N–H and O–H groups in total. The third-order valence-electron chi connectivity index (χ3n) is 3.97. The second-order valence-corrected chi connectivity index (χ2v) is 7.81. The van der Waals surface area contributed by atoms with Gasteiger partial charge in [-0.3, -0.25) is 4.79 Å². The van der Waals surface area contributed by atoms with Crippen molar-refractivity contribution < 1.29 is 13.2 Å². The van der Waals surface area contributed by atoms with Crippen molar-refractivity contribution in [1.82, 2.24) is 4.72 Å². The molecular weight excluding hydrogens is 348 g/mol. The van der Waals surface area contributed by atoms with Crippen molar-refractivity contribution in [3.05, 3.63) is 59.1 Å². The Balaban J connectivity index is 1.79. The first-order valence-corrected chi connectivity index (χ1v) is 9.39. The molecule has 1 atom stereocenters. The molecule has 1 fully saturated rings. The number of carbonyl (C=O) groups excluding carboxylic acids is 1. The van der Waals surface area contributed by atoms with Gasteiger partial charge in [0.15, 0.2) is 0 Å². The lowest BCUT2D eigenvalue weighted by molar-refractivity contribution is -0.118. The van der Waals surface area contributed by atoms with E-state index in [4.69, 9.17) is 11.6 Å². The maximum atomic E-state index is 12.6. The van der Waals surface area contributed by atoms with Gasteiger partial charge in [0.25, 0.3) is 0 Å². The van der Waals surface area contributed by atoms with E-state index in [1.54, 1.807) is 17.0 Å². The highest BCUT2D eigenvalue weighted by molar-refractivity contribution is 7.89. The minimum atomic E-state index is -3.85. The topological polar surface area (TPSA) is 66.5 Å². The molecule has 0 saturated carbocycles. The largest absolute Gasteiger partial charge is 0.311 e. The zero-order valence-corrected chi connectivity index (χ0v) is 14.6. The van der Waals surface area contributed by atoms with Gasteiger partial charge in [-0.1, -0.05) is 41.4 Å². The highest BCUT2D eigenvalue weighted by atomic mass is 35.5. The first-order valence-electron chi connectivity index (χ1n) is 7.53. The molecule has 2 aromatic carbocycles. The highest BCUT2D eigenvalue weighted by Crippen LogP contribution is 2.25. The molecule has 0 radical (unpaired) electrons. The second kappa shape index (κ2) is 6.55. The van der Waals surface area contributed by atoms with E-state index in [2.05, 4.69) is 4.72 Å². The lowest BCUT2D eigenvalue weighted by atomic mass is 10.2. The molecule has 5 nitrogen and oxygen atoms in total. The van der Waals surface area contributed by atoms with Gasteiger partial charge in [-0.25, -0.2) is 8.42 Å². The standard InChI is InChI=1S/C17H17ClN2O3S/c1-12-6-8-13(9-7-12)20-11-10-15(17(20)21)19-24(22,23)16-5-3-2-4-14(16)18/h2-9,15,19H,10-11H2,1H3/t15-/m1/s1. The molecule has 0 unspecified atom stereocenters. The summed E-state index contributed by atoms with van der Waals surface area (Å²) in [6.45, 7) is 2.44. The predicted octanol–water partition coefficient (Wildman–Crippen LogP) is 2.73. The van der Waals surface area contributed by atoms with Crippen molar-refractivity contribution in [2.45, 2.75) is 24.3 Å². The van der Waals surface area contributed by atoms with Crippen LogP contribution in [0.4, 0.5) is 5.69 Å². The number of rotatable bonds is 4. The Hall–Kier alpha value is -1.89. The van der Waals surface area contributed by atoms with Gasteiger partial charge < -0.3 is 4.90 Å². The highest BCUT2D eigenvalue weighted by Gasteiger charge is 2.36. The number of amides is 1. The van der Waals surface area contributed by atoms with Gasteiger partial charge in [0.05, 0.1) is 5.02 Å². The maximum absolute atomic E-state index is 12.6. The number of nitrogens with one attached hydrogen (secondary N) is 1. The van der Waals surface area contributed by atoms with E-state index in [-0.39, 0.29) is 15.8 Å². The lowest BCUT2D eigenvalue weighted by Gasteiger charge is -2.17. The van der Waals surface area contributed by atoms with E-state index in [0.29, 0.717) is 13.0 Å². The van der Waals surface area contributed by atoms with Gasteiger partial charge in [0, 0.05) is 12.2 Å². The summed E-state index contributed by atoms with van der Waals surface area (Å²) in [6.07, 6.45) is 0.413. The first-order chi connectivity index (χ1) is 11.4.